The van der Waals surface area contributed by atoms with Crippen molar-refractivity contribution in [3.8, 4) is 11.3 Å². The van der Waals surface area contributed by atoms with Gasteiger partial charge in [-0.25, -0.2) is 9.37 Å². The van der Waals surface area contributed by atoms with E-state index in [1.165, 1.54) is 23.5 Å². The molecule has 4 rings (SSSR count). The van der Waals surface area contributed by atoms with Gasteiger partial charge in [0.25, 0.3) is 0 Å². The van der Waals surface area contributed by atoms with Gasteiger partial charge in [0.15, 0.2) is 5.13 Å². The zero-order valence-corrected chi connectivity index (χ0v) is 14.9. The van der Waals surface area contributed by atoms with E-state index in [9.17, 15) is 9.18 Å². The smallest absolute Gasteiger partial charge is 0.245 e. The van der Waals surface area contributed by atoms with Crippen LogP contribution in [0.3, 0.4) is 0 Å². The molecule has 132 valence electrons. The maximum Gasteiger partial charge on any atom is 0.245 e. The normalized spacial score (nSPS) is 16.9. The molecule has 2 heterocycles. The molecule has 0 spiro atoms. The molecule has 1 aliphatic rings. The molecule has 0 radical (unpaired) electrons. The van der Waals surface area contributed by atoms with Gasteiger partial charge in [0.05, 0.1) is 5.69 Å². The van der Waals surface area contributed by atoms with Crippen molar-refractivity contribution in [2.24, 2.45) is 0 Å². The van der Waals surface area contributed by atoms with E-state index in [0.717, 1.165) is 28.4 Å². The van der Waals surface area contributed by atoms with E-state index in [1.54, 1.807) is 17.0 Å². The molecular weight excluding hydrogens is 349 g/mol. The lowest BCUT2D eigenvalue weighted by molar-refractivity contribution is -0.128. The molecule has 3 aromatic rings. The van der Waals surface area contributed by atoms with E-state index in [-0.39, 0.29) is 17.8 Å². The number of anilines is 1. The Kier molecular flexibility index (Phi) is 4.67. The first-order chi connectivity index (χ1) is 12.7. The number of hydrogen-bond donors (Lipinski definition) is 1. The van der Waals surface area contributed by atoms with Crippen LogP contribution >= 0.6 is 11.3 Å². The number of carbonyl (C=O) groups is 1. The van der Waals surface area contributed by atoms with E-state index in [1.807, 2.05) is 35.7 Å². The van der Waals surface area contributed by atoms with Crippen molar-refractivity contribution < 1.29 is 9.18 Å². The van der Waals surface area contributed by atoms with E-state index in [0.29, 0.717) is 13.1 Å². The fraction of sp³-hybridized carbons (Fsp3) is 0.200. The summed E-state index contributed by atoms with van der Waals surface area (Å²) in [7, 11) is 0. The summed E-state index contributed by atoms with van der Waals surface area (Å²) in [4.78, 5) is 19.0. The molecule has 1 N–H and O–H groups in total. The molecule has 1 saturated heterocycles. The number of benzene rings is 2. The van der Waals surface area contributed by atoms with Crippen LogP contribution in [0.25, 0.3) is 11.3 Å². The third-order valence-corrected chi connectivity index (χ3v) is 5.23. The summed E-state index contributed by atoms with van der Waals surface area (Å²) >= 11 is 1.51. The minimum atomic E-state index is -0.265. The number of carbonyl (C=O) groups excluding carboxylic acids is 1. The van der Waals surface area contributed by atoms with Crippen LogP contribution in [0.1, 0.15) is 12.0 Å². The fourth-order valence-corrected chi connectivity index (χ4v) is 3.84. The van der Waals surface area contributed by atoms with Gasteiger partial charge >= 0.3 is 0 Å². The second-order valence-electron chi connectivity index (χ2n) is 6.28. The van der Waals surface area contributed by atoms with Crippen molar-refractivity contribution in [1.82, 2.24) is 9.88 Å². The quantitative estimate of drug-likeness (QED) is 0.736. The highest BCUT2D eigenvalue weighted by Crippen LogP contribution is 2.27. The largest absolute Gasteiger partial charge is 0.350 e. The Morgan fingerprint density at radius 3 is 2.69 bits per heavy atom. The van der Waals surface area contributed by atoms with Gasteiger partial charge < -0.3 is 10.2 Å². The van der Waals surface area contributed by atoms with E-state index in [2.05, 4.69) is 10.3 Å². The zero-order chi connectivity index (χ0) is 17.9. The summed E-state index contributed by atoms with van der Waals surface area (Å²) in [5.74, 6) is -0.204. The fourth-order valence-electron chi connectivity index (χ4n) is 3.07. The first kappa shape index (κ1) is 16.7. The van der Waals surface area contributed by atoms with Gasteiger partial charge in [-0.3, -0.25) is 4.79 Å². The number of thiazole rings is 1. The van der Waals surface area contributed by atoms with Crippen LogP contribution in [-0.4, -0.2) is 28.4 Å². The average Bonchev–Trinajstić information content (AvgIpc) is 3.27. The number of likely N-dealkylation sites (tertiary alicyclic amines) is 1. The highest BCUT2D eigenvalue weighted by molar-refractivity contribution is 7.14. The van der Waals surface area contributed by atoms with Crippen LogP contribution in [-0.2, 0) is 11.3 Å². The van der Waals surface area contributed by atoms with Crippen LogP contribution in [0, 0.1) is 5.82 Å². The van der Waals surface area contributed by atoms with Gasteiger partial charge in [-0.1, -0.05) is 42.5 Å². The van der Waals surface area contributed by atoms with E-state index < -0.39 is 0 Å². The number of aromatic nitrogens is 1. The minimum Gasteiger partial charge on any atom is -0.350 e. The van der Waals surface area contributed by atoms with E-state index in [4.69, 9.17) is 0 Å². The van der Waals surface area contributed by atoms with Gasteiger partial charge in [-0.2, -0.15) is 0 Å². The SMILES string of the molecule is O=C1C(Nc2nc(-c3ccccc3)cs2)CCN1Cc1ccc(F)cc1. The van der Waals surface area contributed by atoms with Crippen LogP contribution in [0.4, 0.5) is 9.52 Å². The minimum absolute atomic E-state index is 0.0609. The van der Waals surface area contributed by atoms with Crippen molar-refractivity contribution in [2.45, 2.75) is 19.0 Å². The number of amides is 1. The first-order valence-corrected chi connectivity index (χ1v) is 9.38. The summed E-state index contributed by atoms with van der Waals surface area (Å²) in [5, 5.41) is 6.01. The summed E-state index contributed by atoms with van der Waals surface area (Å²) in [5.41, 5.74) is 2.90. The Morgan fingerprint density at radius 2 is 1.92 bits per heavy atom. The molecule has 2 aromatic carbocycles. The molecule has 1 aromatic heterocycles. The average molecular weight is 367 g/mol. The first-order valence-electron chi connectivity index (χ1n) is 8.50. The topological polar surface area (TPSA) is 45.2 Å². The molecule has 6 heteroatoms. The Morgan fingerprint density at radius 1 is 1.15 bits per heavy atom. The predicted octanol–water partition coefficient (Wildman–Crippen LogP) is 4.16. The standard InChI is InChI=1S/C20H18FN3OS/c21-16-8-6-14(7-9-16)12-24-11-10-17(19(24)25)22-20-23-18(13-26-20)15-4-2-1-3-5-15/h1-9,13,17H,10-12H2,(H,22,23). The van der Waals surface area contributed by atoms with Gasteiger partial charge in [0.1, 0.15) is 11.9 Å². The van der Waals surface area contributed by atoms with Crippen molar-refractivity contribution in [3.63, 3.8) is 0 Å². The Balaban J connectivity index is 1.39. The Hall–Kier alpha value is -2.73. The second kappa shape index (κ2) is 7.25. The molecular formula is C20H18FN3OS. The van der Waals surface area contributed by atoms with Crippen molar-refractivity contribution >= 4 is 22.4 Å². The molecule has 26 heavy (non-hydrogen) atoms. The number of nitrogens with zero attached hydrogens (tertiary/aromatic N) is 2. The van der Waals surface area contributed by atoms with Crippen molar-refractivity contribution in [2.75, 3.05) is 11.9 Å². The summed E-state index contributed by atoms with van der Waals surface area (Å²) in [6, 6.07) is 16.0. The number of hydrogen-bond acceptors (Lipinski definition) is 4. The summed E-state index contributed by atoms with van der Waals surface area (Å²) < 4.78 is 13.0. The van der Waals surface area contributed by atoms with Gasteiger partial charge in [0, 0.05) is 24.0 Å². The van der Waals surface area contributed by atoms with Crippen molar-refractivity contribution in [3.05, 3.63) is 71.4 Å². The lowest BCUT2D eigenvalue weighted by atomic mass is 10.2. The molecule has 0 bridgehead atoms. The van der Waals surface area contributed by atoms with Crippen molar-refractivity contribution in [1.29, 1.82) is 0 Å². The highest BCUT2D eigenvalue weighted by Gasteiger charge is 2.32. The molecule has 1 fully saturated rings. The number of rotatable bonds is 5. The molecule has 1 aliphatic heterocycles. The monoisotopic (exact) mass is 367 g/mol. The Labute approximate surface area is 155 Å². The molecule has 1 atom stereocenters. The molecule has 1 amide bonds. The lowest BCUT2D eigenvalue weighted by Crippen LogP contribution is -2.33. The molecule has 0 aliphatic carbocycles. The summed E-state index contributed by atoms with van der Waals surface area (Å²) in [6.07, 6.45) is 0.736. The van der Waals surface area contributed by atoms with E-state index >= 15 is 0 Å². The van der Waals surface area contributed by atoms with Crippen LogP contribution in [0.5, 0.6) is 0 Å². The van der Waals surface area contributed by atoms with Crippen LogP contribution < -0.4 is 5.32 Å². The highest BCUT2D eigenvalue weighted by atomic mass is 32.1. The predicted molar refractivity (Wildman–Crippen MR) is 101 cm³/mol. The molecule has 1 unspecified atom stereocenters. The third-order valence-electron chi connectivity index (χ3n) is 4.46. The van der Waals surface area contributed by atoms with Crippen LogP contribution in [0.2, 0.25) is 0 Å². The van der Waals surface area contributed by atoms with Gasteiger partial charge in [-0.15, -0.1) is 11.3 Å². The molecule has 4 nitrogen and oxygen atoms in total. The number of halogens is 1. The number of nitrogens with one attached hydrogen (secondary N) is 1. The zero-order valence-electron chi connectivity index (χ0n) is 14.1. The summed E-state index contributed by atoms with van der Waals surface area (Å²) in [6.45, 7) is 1.19. The second-order valence-corrected chi connectivity index (χ2v) is 7.13. The van der Waals surface area contributed by atoms with Gasteiger partial charge in [-0.05, 0) is 24.1 Å². The third kappa shape index (κ3) is 3.60. The van der Waals surface area contributed by atoms with Crippen LogP contribution in [0.15, 0.2) is 60.0 Å². The maximum absolute atomic E-state index is 13.0. The lowest BCUT2D eigenvalue weighted by Gasteiger charge is -2.17. The van der Waals surface area contributed by atoms with Gasteiger partial charge in [0.2, 0.25) is 5.91 Å². The maximum atomic E-state index is 13.0. The molecule has 0 saturated carbocycles. The Bertz CT molecular complexity index is 895.